The van der Waals surface area contributed by atoms with Crippen LogP contribution >= 0.6 is 0 Å². The molecule has 0 aromatic carbocycles. The first-order valence-corrected chi connectivity index (χ1v) is 8.16. The minimum atomic E-state index is 0.00608. The molecule has 2 aromatic heterocycles. The third-order valence-corrected chi connectivity index (χ3v) is 4.61. The van der Waals surface area contributed by atoms with E-state index in [9.17, 15) is 4.79 Å². The van der Waals surface area contributed by atoms with Gasteiger partial charge in [0.05, 0.1) is 35.2 Å². The molecule has 1 saturated heterocycles. The summed E-state index contributed by atoms with van der Waals surface area (Å²) in [4.78, 5) is 17.0. The lowest BCUT2D eigenvalue weighted by Gasteiger charge is -2.24. The molecule has 1 amide bonds. The molecule has 0 radical (unpaired) electrons. The molecule has 128 valence electrons. The summed E-state index contributed by atoms with van der Waals surface area (Å²) in [7, 11) is 4.05. The van der Waals surface area contributed by atoms with Crippen molar-refractivity contribution in [1.29, 1.82) is 0 Å². The second kappa shape index (κ2) is 6.64. The molecule has 3 heterocycles. The summed E-state index contributed by atoms with van der Waals surface area (Å²) in [6, 6.07) is 2.14. The van der Waals surface area contributed by atoms with E-state index in [0.717, 1.165) is 12.1 Å². The normalized spacial score (nSPS) is 20.8. The van der Waals surface area contributed by atoms with Crippen molar-refractivity contribution in [3.63, 3.8) is 0 Å². The molecule has 2 atom stereocenters. The summed E-state index contributed by atoms with van der Waals surface area (Å²) < 4.78 is 1.84. The summed E-state index contributed by atoms with van der Waals surface area (Å²) in [5.41, 5.74) is 2.14. The summed E-state index contributed by atoms with van der Waals surface area (Å²) in [5.74, 6) is 0.00608. The van der Waals surface area contributed by atoms with Gasteiger partial charge >= 0.3 is 0 Å². The van der Waals surface area contributed by atoms with Crippen LogP contribution in [0, 0.1) is 6.92 Å². The summed E-state index contributed by atoms with van der Waals surface area (Å²) >= 11 is 0. The molecule has 0 aliphatic carbocycles. The molecular formula is C16H23N7O. The lowest BCUT2D eigenvalue weighted by Crippen LogP contribution is -2.37. The van der Waals surface area contributed by atoms with Crippen molar-refractivity contribution >= 4 is 5.91 Å². The fourth-order valence-electron chi connectivity index (χ4n) is 3.15. The Hall–Kier alpha value is -2.35. The van der Waals surface area contributed by atoms with E-state index in [1.54, 1.807) is 6.20 Å². The number of amides is 1. The van der Waals surface area contributed by atoms with Crippen LogP contribution in [-0.2, 0) is 6.42 Å². The molecule has 0 spiro atoms. The minimum Gasteiger partial charge on any atom is -0.335 e. The Balaban J connectivity index is 1.86. The molecule has 24 heavy (non-hydrogen) atoms. The van der Waals surface area contributed by atoms with Crippen LogP contribution in [0.2, 0.25) is 0 Å². The van der Waals surface area contributed by atoms with E-state index in [0.29, 0.717) is 24.3 Å². The highest BCUT2D eigenvalue weighted by Gasteiger charge is 2.38. The van der Waals surface area contributed by atoms with Gasteiger partial charge in [0.1, 0.15) is 0 Å². The first-order valence-electron chi connectivity index (χ1n) is 8.16. The zero-order valence-electron chi connectivity index (χ0n) is 14.5. The van der Waals surface area contributed by atoms with E-state index in [2.05, 4.69) is 25.4 Å². The Morgan fingerprint density at radius 3 is 2.75 bits per heavy atom. The highest BCUT2D eigenvalue weighted by molar-refractivity contribution is 5.95. The number of hydrogen-bond acceptors (Lipinski definition) is 6. The van der Waals surface area contributed by atoms with Crippen LogP contribution in [0.15, 0.2) is 18.5 Å². The van der Waals surface area contributed by atoms with Gasteiger partial charge in [0.25, 0.3) is 5.91 Å². The van der Waals surface area contributed by atoms with Crippen molar-refractivity contribution in [2.24, 2.45) is 0 Å². The van der Waals surface area contributed by atoms with Gasteiger partial charge in [-0.1, -0.05) is 12.1 Å². The van der Waals surface area contributed by atoms with Crippen LogP contribution in [0.1, 0.15) is 34.7 Å². The molecule has 1 aliphatic heterocycles. The van der Waals surface area contributed by atoms with E-state index in [1.165, 1.54) is 0 Å². The van der Waals surface area contributed by atoms with Crippen LogP contribution < -0.4 is 0 Å². The number of likely N-dealkylation sites (tertiary alicyclic amines) is 1. The van der Waals surface area contributed by atoms with Crippen LogP contribution in [0.3, 0.4) is 0 Å². The highest BCUT2D eigenvalue weighted by atomic mass is 16.2. The van der Waals surface area contributed by atoms with Crippen LogP contribution in [0.25, 0.3) is 0 Å². The summed E-state index contributed by atoms with van der Waals surface area (Å²) in [5, 5.41) is 16.3. The number of aromatic nitrogens is 5. The van der Waals surface area contributed by atoms with E-state index in [4.69, 9.17) is 0 Å². The van der Waals surface area contributed by atoms with Gasteiger partial charge in [-0.25, -0.2) is 4.68 Å². The Kier molecular flexibility index (Phi) is 4.57. The molecule has 1 aliphatic rings. The average molecular weight is 329 g/mol. The molecular weight excluding hydrogens is 306 g/mol. The van der Waals surface area contributed by atoms with Gasteiger partial charge in [-0.2, -0.15) is 10.2 Å². The zero-order chi connectivity index (χ0) is 17.3. The fourth-order valence-corrected chi connectivity index (χ4v) is 3.15. The Labute approximate surface area is 141 Å². The van der Waals surface area contributed by atoms with Gasteiger partial charge in [0.2, 0.25) is 0 Å². The fraction of sp³-hybridized carbons (Fsp3) is 0.562. The monoisotopic (exact) mass is 329 g/mol. The van der Waals surface area contributed by atoms with Gasteiger partial charge in [-0.05, 0) is 33.5 Å². The largest absolute Gasteiger partial charge is 0.335 e. The quantitative estimate of drug-likeness (QED) is 0.816. The molecule has 8 nitrogen and oxygen atoms in total. The van der Waals surface area contributed by atoms with E-state index in [1.807, 2.05) is 49.8 Å². The van der Waals surface area contributed by atoms with Crippen molar-refractivity contribution in [1.82, 2.24) is 35.0 Å². The van der Waals surface area contributed by atoms with Crippen molar-refractivity contribution < 1.29 is 4.79 Å². The van der Waals surface area contributed by atoms with E-state index in [-0.39, 0.29) is 18.0 Å². The van der Waals surface area contributed by atoms with E-state index < -0.39 is 0 Å². The first-order chi connectivity index (χ1) is 11.5. The van der Waals surface area contributed by atoms with Gasteiger partial charge in [0, 0.05) is 19.3 Å². The molecule has 0 saturated carbocycles. The number of aryl methyl sites for hydroxylation is 2. The predicted octanol–water partition coefficient (Wildman–Crippen LogP) is 0.566. The van der Waals surface area contributed by atoms with E-state index >= 15 is 0 Å². The number of carbonyl (C=O) groups is 1. The standard InChI is InChI=1S/C16H23N7O/c1-5-12-8-13(11(2)18-19-12)16(24)22-9-14(21(3)4)15(10-22)23-7-6-17-20-23/h6-8,14-15H,5,9-10H2,1-4H3/t14-,15+/m1/s1. The molecule has 0 bridgehead atoms. The third kappa shape index (κ3) is 3.01. The SMILES string of the molecule is CCc1cc(C(=O)N2C[C@@H](N(C)C)[C@@H](n3ccnn3)C2)c(C)nn1. The maximum atomic E-state index is 13.0. The average Bonchev–Trinajstić information content (AvgIpc) is 3.23. The number of rotatable bonds is 4. The minimum absolute atomic E-state index is 0.00608. The lowest BCUT2D eigenvalue weighted by atomic mass is 10.1. The number of likely N-dealkylation sites (N-methyl/N-ethyl adjacent to an activating group) is 1. The smallest absolute Gasteiger partial charge is 0.255 e. The summed E-state index contributed by atoms with van der Waals surface area (Å²) in [6.07, 6.45) is 4.28. The summed E-state index contributed by atoms with van der Waals surface area (Å²) in [6.45, 7) is 5.09. The predicted molar refractivity (Wildman–Crippen MR) is 88.6 cm³/mol. The van der Waals surface area contributed by atoms with Crippen LogP contribution in [0.4, 0.5) is 0 Å². The van der Waals surface area contributed by atoms with Crippen molar-refractivity contribution in [3.8, 4) is 0 Å². The van der Waals surface area contributed by atoms with Crippen molar-refractivity contribution in [3.05, 3.63) is 35.4 Å². The maximum Gasteiger partial charge on any atom is 0.255 e. The Morgan fingerprint density at radius 2 is 2.12 bits per heavy atom. The van der Waals surface area contributed by atoms with Gasteiger partial charge < -0.3 is 9.80 Å². The Morgan fingerprint density at radius 1 is 1.33 bits per heavy atom. The molecule has 2 aromatic rings. The third-order valence-electron chi connectivity index (χ3n) is 4.61. The maximum absolute atomic E-state index is 13.0. The van der Waals surface area contributed by atoms with Gasteiger partial charge in [-0.3, -0.25) is 4.79 Å². The van der Waals surface area contributed by atoms with Crippen LogP contribution in [0.5, 0.6) is 0 Å². The second-order valence-corrected chi connectivity index (χ2v) is 6.38. The second-order valence-electron chi connectivity index (χ2n) is 6.38. The van der Waals surface area contributed by atoms with Crippen molar-refractivity contribution in [2.45, 2.75) is 32.4 Å². The number of carbonyl (C=O) groups excluding carboxylic acids is 1. The Bertz CT molecular complexity index is 713. The molecule has 8 heteroatoms. The van der Waals surface area contributed by atoms with Crippen LogP contribution in [-0.4, -0.2) is 74.1 Å². The lowest BCUT2D eigenvalue weighted by molar-refractivity contribution is 0.0779. The van der Waals surface area contributed by atoms with Gasteiger partial charge in [0.15, 0.2) is 0 Å². The van der Waals surface area contributed by atoms with Gasteiger partial charge in [-0.15, -0.1) is 5.10 Å². The highest BCUT2D eigenvalue weighted by Crippen LogP contribution is 2.26. The molecule has 0 unspecified atom stereocenters. The van der Waals surface area contributed by atoms with Crippen molar-refractivity contribution in [2.75, 3.05) is 27.2 Å². The number of hydrogen-bond donors (Lipinski definition) is 0. The molecule has 3 rings (SSSR count). The topological polar surface area (TPSA) is 80.0 Å². The molecule has 1 fully saturated rings. The molecule has 0 N–H and O–H groups in total. The first kappa shape index (κ1) is 16.5. The number of nitrogens with zero attached hydrogens (tertiary/aromatic N) is 7. The zero-order valence-corrected chi connectivity index (χ0v) is 14.5.